The molecule has 0 aliphatic heterocycles. The van der Waals surface area contributed by atoms with Crippen LogP contribution in [0.4, 0.5) is 5.69 Å². The molecular formula is C16H18N2O3. The molecule has 2 rings (SSSR count). The number of carbonyl (C=O) groups excluding carboxylic acids is 1. The van der Waals surface area contributed by atoms with Crippen LogP contribution < -0.4 is 14.8 Å². The van der Waals surface area contributed by atoms with E-state index in [4.69, 9.17) is 9.47 Å². The van der Waals surface area contributed by atoms with Crippen molar-refractivity contribution in [1.29, 1.82) is 0 Å². The average molecular weight is 286 g/mol. The lowest BCUT2D eigenvalue weighted by Crippen LogP contribution is -2.16. The Morgan fingerprint density at radius 1 is 1.19 bits per heavy atom. The first-order valence-corrected chi connectivity index (χ1v) is 6.67. The van der Waals surface area contributed by atoms with E-state index in [2.05, 4.69) is 10.3 Å². The van der Waals surface area contributed by atoms with Gasteiger partial charge in [0.1, 0.15) is 17.2 Å². The summed E-state index contributed by atoms with van der Waals surface area (Å²) in [6.07, 6.45) is 3.14. The zero-order chi connectivity index (χ0) is 15.2. The summed E-state index contributed by atoms with van der Waals surface area (Å²) in [4.78, 5) is 16.4. The van der Waals surface area contributed by atoms with Gasteiger partial charge in [-0.3, -0.25) is 9.78 Å². The van der Waals surface area contributed by atoms with Crippen molar-refractivity contribution in [3.05, 3.63) is 48.3 Å². The van der Waals surface area contributed by atoms with Crippen molar-refractivity contribution < 1.29 is 14.3 Å². The lowest BCUT2D eigenvalue weighted by Gasteiger charge is -2.14. The predicted molar refractivity (Wildman–Crippen MR) is 80.9 cm³/mol. The number of para-hydroxylation sites is 1. The van der Waals surface area contributed by atoms with Crippen molar-refractivity contribution in [2.45, 2.75) is 20.0 Å². The van der Waals surface area contributed by atoms with Gasteiger partial charge in [-0.1, -0.05) is 12.1 Å². The van der Waals surface area contributed by atoms with Crippen molar-refractivity contribution in [2.24, 2.45) is 0 Å². The highest BCUT2D eigenvalue weighted by Gasteiger charge is 2.15. The van der Waals surface area contributed by atoms with Crippen molar-refractivity contribution in [3.8, 4) is 11.5 Å². The van der Waals surface area contributed by atoms with Gasteiger partial charge in [-0.2, -0.15) is 0 Å². The second-order valence-electron chi connectivity index (χ2n) is 4.69. The van der Waals surface area contributed by atoms with E-state index in [0.717, 1.165) is 0 Å². The summed E-state index contributed by atoms with van der Waals surface area (Å²) in [6.45, 7) is 3.83. The minimum atomic E-state index is -0.266. The van der Waals surface area contributed by atoms with Crippen LogP contribution in [0, 0.1) is 0 Å². The standard InChI is InChI=1S/C16H18N2O3/c1-11(2)21-14-7-5-4-6-12(14)16(19)18-13-10-17-9-8-15(13)20-3/h4-11H,1-3H3,(H,18,19). The first kappa shape index (κ1) is 14.8. The van der Waals surface area contributed by atoms with Crippen LogP contribution in [-0.4, -0.2) is 24.1 Å². The second-order valence-corrected chi connectivity index (χ2v) is 4.69. The van der Waals surface area contributed by atoms with Gasteiger partial charge >= 0.3 is 0 Å². The highest BCUT2D eigenvalue weighted by atomic mass is 16.5. The number of amides is 1. The van der Waals surface area contributed by atoms with Gasteiger partial charge in [0.15, 0.2) is 0 Å². The Balaban J connectivity index is 2.24. The summed E-state index contributed by atoms with van der Waals surface area (Å²) in [5.41, 5.74) is 0.987. The Kier molecular flexibility index (Phi) is 4.77. The fourth-order valence-electron chi connectivity index (χ4n) is 1.85. The maximum absolute atomic E-state index is 12.4. The van der Waals surface area contributed by atoms with Gasteiger partial charge in [-0.25, -0.2) is 0 Å². The molecule has 110 valence electrons. The molecule has 0 radical (unpaired) electrons. The fourth-order valence-corrected chi connectivity index (χ4v) is 1.85. The van der Waals surface area contributed by atoms with E-state index < -0.39 is 0 Å². The summed E-state index contributed by atoms with van der Waals surface area (Å²) in [5, 5.41) is 2.78. The van der Waals surface area contributed by atoms with Gasteiger partial charge in [-0.05, 0) is 26.0 Å². The van der Waals surface area contributed by atoms with Crippen LogP contribution in [-0.2, 0) is 0 Å². The molecule has 1 heterocycles. The van der Waals surface area contributed by atoms with Gasteiger partial charge in [0.25, 0.3) is 5.91 Å². The summed E-state index contributed by atoms with van der Waals surface area (Å²) in [7, 11) is 1.54. The molecule has 0 saturated carbocycles. The van der Waals surface area contributed by atoms with Gasteiger partial charge in [0.05, 0.1) is 25.0 Å². The number of methoxy groups -OCH3 is 1. The van der Waals surface area contributed by atoms with E-state index in [0.29, 0.717) is 22.7 Å². The van der Waals surface area contributed by atoms with E-state index in [1.54, 1.807) is 43.8 Å². The third kappa shape index (κ3) is 3.72. The predicted octanol–water partition coefficient (Wildman–Crippen LogP) is 3.13. The third-order valence-corrected chi connectivity index (χ3v) is 2.74. The third-order valence-electron chi connectivity index (χ3n) is 2.74. The molecule has 0 fully saturated rings. The largest absolute Gasteiger partial charge is 0.494 e. The number of carbonyl (C=O) groups is 1. The molecule has 21 heavy (non-hydrogen) atoms. The van der Waals surface area contributed by atoms with Gasteiger partial charge in [0, 0.05) is 12.3 Å². The Bertz CT molecular complexity index is 626. The van der Waals surface area contributed by atoms with E-state index in [9.17, 15) is 4.79 Å². The zero-order valence-electron chi connectivity index (χ0n) is 12.3. The van der Waals surface area contributed by atoms with Crippen molar-refractivity contribution in [1.82, 2.24) is 4.98 Å². The lowest BCUT2D eigenvalue weighted by atomic mass is 10.2. The van der Waals surface area contributed by atoms with E-state index in [1.807, 2.05) is 19.9 Å². The van der Waals surface area contributed by atoms with Crippen molar-refractivity contribution >= 4 is 11.6 Å². The van der Waals surface area contributed by atoms with Crippen molar-refractivity contribution in [2.75, 3.05) is 12.4 Å². The molecule has 1 aromatic heterocycles. The summed E-state index contributed by atoms with van der Waals surface area (Å²) in [6, 6.07) is 8.80. The van der Waals surface area contributed by atoms with Gasteiger partial charge < -0.3 is 14.8 Å². The van der Waals surface area contributed by atoms with Crippen LogP contribution in [0.5, 0.6) is 11.5 Å². The first-order chi connectivity index (χ1) is 10.1. The highest BCUT2D eigenvalue weighted by Crippen LogP contribution is 2.25. The van der Waals surface area contributed by atoms with Crippen LogP contribution in [0.1, 0.15) is 24.2 Å². The summed E-state index contributed by atoms with van der Waals surface area (Å²) in [5.74, 6) is 0.839. The van der Waals surface area contributed by atoms with E-state index >= 15 is 0 Å². The minimum absolute atomic E-state index is 0.00752. The molecule has 0 bridgehead atoms. The number of benzene rings is 1. The Labute approximate surface area is 123 Å². The van der Waals surface area contributed by atoms with Gasteiger partial charge in [0.2, 0.25) is 0 Å². The molecule has 5 heteroatoms. The number of nitrogens with zero attached hydrogens (tertiary/aromatic N) is 1. The number of rotatable bonds is 5. The second kappa shape index (κ2) is 6.74. The molecule has 2 aromatic rings. The number of hydrogen-bond acceptors (Lipinski definition) is 4. The van der Waals surface area contributed by atoms with Crippen LogP contribution >= 0.6 is 0 Å². The SMILES string of the molecule is COc1ccncc1NC(=O)c1ccccc1OC(C)C. The Morgan fingerprint density at radius 3 is 2.67 bits per heavy atom. The van der Waals surface area contributed by atoms with Crippen LogP contribution in [0.3, 0.4) is 0 Å². The first-order valence-electron chi connectivity index (χ1n) is 6.67. The van der Waals surface area contributed by atoms with Gasteiger partial charge in [-0.15, -0.1) is 0 Å². The maximum atomic E-state index is 12.4. The molecule has 0 unspecified atom stereocenters. The molecule has 1 amide bonds. The molecule has 1 N–H and O–H groups in total. The molecular weight excluding hydrogens is 268 g/mol. The smallest absolute Gasteiger partial charge is 0.259 e. The number of nitrogens with one attached hydrogen (secondary N) is 1. The van der Waals surface area contributed by atoms with E-state index in [1.165, 1.54) is 0 Å². The summed E-state index contributed by atoms with van der Waals surface area (Å²) >= 11 is 0. The minimum Gasteiger partial charge on any atom is -0.494 e. The molecule has 0 atom stereocenters. The number of ether oxygens (including phenoxy) is 2. The number of hydrogen-bond donors (Lipinski definition) is 1. The maximum Gasteiger partial charge on any atom is 0.259 e. The number of anilines is 1. The average Bonchev–Trinajstić information content (AvgIpc) is 2.47. The summed E-state index contributed by atoms with van der Waals surface area (Å²) < 4.78 is 10.8. The molecule has 1 aromatic carbocycles. The Hall–Kier alpha value is -2.56. The van der Waals surface area contributed by atoms with Crippen LogP contribution in [0.25, 0.3) is 0 Å². The molecule has 5 nitrogen and oxygen atoms in total. The molecule has 0 saturated heterocycles. The van der Waals surface area contributed by atoms with Crippen molar-refractivity contribution in [3.63, 3.8) is 0 Å². The lowest BCUT2D eigenvalue weighted by molar-refractivity contribution is 0.102. The molecule has 0 spiro atoms. The normalized spacial score (nSPS) is 10.3. The van der Waals surface area contributed by atoms with Crippen LogP contribution in [0.2, 0.25) is 0 Å². The Morgan fingerprint density at radius 2 is 1.95 bits per heavy atom. The quantitative estimate of drug-likeness (QED) is 0.917. The fraction of sp³-hybridized carbons (Fsp3) is 0.250. The molecule has 0 aliphatic rings. The molecule has 0 aliphatic carbocycles. The zero-order valence-corrected chi connectivity index (χ0v) is 12.3. The number of pyridine rings is 1. The monoisotopic (exact) mass is 286 g/mol. The highest BCUT2D eigenvalue weighted by molar-refractivity contribution is 6.06. The topological polar surface area (TPSA) is 60.5 Å². The number of aromatic nitrogens is 1. The van der Waals surface area contributed by atoms with E-state index in [-0.39, 0.29) is 12.0 Å². The van der Waals surface area contributed by atoms with Crippen LogP contribution in [0.15, 0.2) is 42.7 Å².